The van der Waals surface area contributed by atoms with Crippen molar-refractivity contribution in [3.8, 4) is 11.6 Å². The van der Waals surface area contributed by atoms with Crippen LogP contribution in [0.3, 0.4) is 0 Å². The molecule has 0 radical (unpaired) electrons. The molecule has 0 unspecified atom stereocenters. The molecule has 5 heteroatoms. The summed E-state index contributed by atoms with van der Waals surface area (Å²) in [7, 11) is 0. The van der Waals surface area contributed by atoms with E-state index in [0.717, 1.165) is 10.9 Å². The van der Waals surface area contributed by atoms with Gasteiger partial charge in [-0.3, -0.25) is 4.98 Å². The third-order valence-electron chi connectivity index (χ3n) is 2.96. The molecule has 0 fully saturated rings. The Morgan fingerprint density at radius 1 is 1.05 bits per heavy atom. The number of benzene rings is 1. The zero-order valence-corrected chi connectivity index (χ0v) is 11.3. The van der Waals surface area contributed by atoms with Crippen LogP contribution >= 0.6 is 11.6 Å². The fourth-order valence-electron chi connectivity index (χ4n) is 1.97. The Morgan fingerprint density at radius 3 is 2.70 bits per heavy atom. The van der Waals surface area contributed by atoms with E-state index in [0.29, 0.717) is 28.7 Å². The monoisotopic (exact) mass is 285 g/mol. The molecule has 0 atom stereocenters. The SMILES string of the molecule is NCc1cccnc1Oc1ccc(Cl)c2cccnc12. The van der Waals surface area contributed by atoms with Crippen molar-refractivity contribution in [3.05, 3.63) is 59.4 Å². The normalized spacial score (nSPS) is 10.7. The molecule has 2 N–H and O–H groups in total. The topological polar surface area (TPSA) is 61.0 Å². The van der Waals surface area contributed by atoms with Crippen LogP contribution in [0.5, 0.6) is 11.6 Å². The highest BCUT2D eigenvalue weighted by molar-refractivity contribution is 6.35. The zero-order chi connectivity index (χ0) is 13.9. The molecule has 2 aromatic heterocycles. The number of hydrogen-bond donors (Lipinski definition) is 1. The lowest BCUT2D eigenvalue weighted by atomic mass is 10.2. The van der Waals surface area contributed by atoms with Crippen LogP contribution in [0, 0.1) is 0 Å². The number of fused-ring (bicyclic) bond motifs is 1. The van der Waals surface area contributed by atoms with Gasteiger partial charge in [-0.1, -0.05) is 17.7 Å². The third kappa shape index (κ3) is 2.31. The summed E-state index contributed by atoms with van der Waals surface area (Å²) in [5.74, 6) is 1.10. The number of hydrogen-bond acceptors (Lipinski definition) is 4. The average Bonchev–Trinajstić information content (AvgIpc) is 2.51. The van der Waals surface area contributed by atoms with Gasteiger partial charge in [0.15, 0.2) is 5.75 Å². The van der Waals surface area contributed by atoms with Crippen molar-refractivity contribution in [1.82, 2.24) is 9.97 Å². The summed E-state index contributed by atoms with van der Waals surface area (Å²) in [6.45, 7) is 0.363. The van der Waals surface area contributed by atoms with E-state index in [9.17, 15) is 0 Å². The third-order valence-corrected chi connectivity index (χ3v) is 3.29. The van der Waals surface area contributed by atoms with Gasteiger partial charge in [-0.25, -0.2) is 4.98 Å². The van der Waals surface area contributed by atoms with Gasteiger partial charge in [0, 0.05) is 29.9 Å². The molecule has 1 aromatic carbocycles. The van der Waals surface area contributed by atoms with Crippen molar-refractivity contribution in [3.63, 3.8) is 0 Å². The largest absolute Gasteiger partial charge is 0.436 e. The van der Waals surface area contributed by atoms with Crippen molar-refractivity contribution >= 4 is 22.5 Å². The Hall–Kier alpha value is -2.17. The van der Waals surface area contributed by atoms with Crippen molar-refractivity contribution in [2.45, 2.75) is 6.54 Å². The molecule has 20 heavy (non-hydrogen) atoms. The predicted molar refractivity (Wildman–Crippen MR) is 79.0 cm³/mol. The average molecular weight is 286 g/mol. The molecule has 0 saturated heterocycles. The molecular weight excluding hydrogens is 274 g/mol. The van der Waals surface area contributed by atoms with E-state index in [1.807, 2.05) is 24.3 Å². The van der Waals surface area contributed by atoms with Gasteiger partial charge < -0.3 is 10.5 Å². The molecule has 0 aliphatic rings. The standard InChI is InChI=1S/C15H12ClN3O/c16-12-5-6-13(14-11(12)4-2-7-18-14)20-15-10(9-17)3-1-8-19-15/h1-8H,9,17H2. The number of aromatic nitrogens is 2. The molecule has 0 amide bonds. The van der Waals surface area contributed by atoms with Gasteiger partial charge in [0.1, 0.15) is 5.52 Å². The van der Waals surface area contributed by atoms with E-state index in [1.165, 1.54) is 0 Å². The lowest BCUT2D eigenvalue weighted by Gasteiger charge is -2.10. The molecule has 0 aliphatic carbocycles. The van der Waals surface area contributed by atoms with Crippen LogP contribution in [0.1, 0.15) is 5.56 Å². The van der Waals surface area contributed by atoms with E-state index >= 15 is 0 Å². The van der Waals surface area contributed by atoms with E-state index < -0.39 is 0 Å². The fraction of sp³-hybridized carbons (Fsp3) is 0.0667. The summed E-state index contributed by atoms with van der Waals surface area (Å²) in [6, 6.07) is 11.0. The lowest BCUT2D eigenvalue weighted by Crippen LogP contribution is -2.01. The number of rotatable bonds is 3. The van der Waals surface area contributed by atoms with Crippen LogP contribution in [0.15, 0.2) is 48.8 Å². The van der Waals surface area contributed by atoms with Gasteiger partial charge in [-0.15, -0.1) is 0 Å². The first-order chi connectivity index (χ1) is 9.79. The van der Waals surface area contributed by atoms with Crippen molar-refractivity contribution in [2.24, 2.45) is 5.73 Å². The minimum absolute atomic E-state index is 0.363. The summed E-state index contributed by atoms with van der Waals surface area (Å²) in [6.07, 6.45) is 3.37. The second-order valence-electron chi connectivity index (χ2n) is 4.22. The molecule has 2 heterocycles. The Labute approximate surface area is 121 Å². The Bertz CT molecular complexity index is 761. The summed E-state index contributed by atoms with van der Waals surface area (Å²) in [4.78, 5) is 8.54. The molecule has 4 nitrogen and oxygen atoms in total. The maximum absolute atomic E-state index is 6.16. The minimum Gasteiger partial charge on any atom is -0.436 e. The van der Waals surface area contributed by atoms with Crippen LogP contribution in [0.2, 0.25) is 5.02 Å². The van der Waals surface area contributed by atoms with E-state index in [-0.39, 0.29) is 0 Å². The number of pyridine rings is 2. The van der Waals surface area contributed by atoms with E-state index in [4.69, 9.17) is 22.1 Å². The summed E-state index contributed by atoms with van der Waals surface area (Å²) < 4.78 is 5.86. The van der Waals surface area contributed by atoms with E-state index in [2.05, 4.69) is 9.97 Å². The minimum atomic E-state index is 0.363. The van der Waals surface area contributed by atoms with Gasteiger partial charge in [0.2, 0.25) is 5.88 Å². The highest BCUT2D eigenvalue weighted by Crippen LogP contribution is 2.32. The van der Waals surface area contributed by atoms with Gasteiger partial charge in [-0.2, -0.15) is 0 Å². The molecule has 3 aromatic rings. The molecule has 0 saturated carbocycles. The molecule has 0 spiro atoms. The zero-order valence-electron chi connectivity index (χ0n) is 10.6. The van der Waals surface area contributed by atoms with Crippen LogP contribution < -0.4 is 10.5 Å². The van der Waals surface area contributed by atoms with Crippen molar-refractivity contribution in [2.75, 3.05) is 0 Å². The maximum Gasteiger partial charge on any atom is 0.223 e. The fourth-order valence-corrected chi connectivity index (χ4v) is 2.19. The maximum atomic E-state index is 6.16. The first-order valence-corrected chi connectivity index (χ1v) is 6.52. The van der Waals surface area contributed by atoms with Crippen LogP contribution in [-0.4, -0.2) is 9.97 Å². The van der Waals surface area contributed by atoms with Crippen LogP contribution in [-0.2, 0) is 6.54 Å². The Balaban J connectivity index is 2.09. The first kappa shape index (κ1) is 12.8. The first-order valence-electron chi connectivity index (χ1n) is 6.14. The Kier molecular flexibility index (Phi) is 3.50. The molecule has 100 valence electrons. The molecule has 3 rings (SSSR count). The Morgan fingerprint density at radius 2 is 1.85 bits per heavy atom. The molecule has 0 bridgehead atoms. The lowest BCUT2D eigenvalue weighted by molar-refractivity contribution is 0.460. The number of nitrogens with zero attached hydrogens (tertiary/aromatic N) is 2. The highest BCUT2D eigenvalue weighted by Gasteiger charge is 2.10. The number of halogens is 1. The van der Waals surface area contributed by atoms with Crippen LogP contribution in [0.4, 0.5) is 0 Å². The van der Waals surface area contributed by atoms with Gasteiger partial charge >= 0.3 is 0 Å². The van der Waals surface area contributed by atoms with Crippen molar-refractivity contribution < 1.29 is 4.74 Å². The van der Waals surface area contributed by atoms with Crippen LogP contribution in [0.25, 0.3) is 10.9 Å². The number of nitrogens with two attached hydrogens (primary N) is 1. The second-order valence-corrected chi connectivity index (χ2v) is 4.63. The van der Waals surface area contributed by atoms with E-state index in [1.54, 1.807) is 24.5 Å². The van der Waals surface area contributed by atoms with Gasteiger partial charge in [0.05, 0.1) is 5.02 Å². The quantitative estimate of drug-likeness (QED) is 0.799. The van der Waals surface area contributed by atoms with Gasteiger partial charge in [-0.05, 0) is 30.3 Å². The summed E-state index contributed by atoms with van der Waals surface area (Å²) >= 11 is 6.16. The smallest absolute Gasteiger partial charge is 0.223 e. The highest BCUT2D eigenvalue weighted by atomic mass is 35.5. The van der Waals surface area contributed by atoms with Gasteiger partial charge in [0.25, 0.3) is 0 Å². The number of ether oxygens (including phenoxy) is 1. The predicted octanol–water partition coefficient (Wildman–Crippen LogP) is 3.53. The summed E-state index contributed by atoms with van der Waals surface area (Å²) in [5, 5.41) is 1.48. The second kappa shape index (κ2) is 5.45. The molecular formula is C15H12ClN3O. The molecule has 0 aliphatic heterocycles. The van der Waals surface area contributed by atoms with Crippen molar-refractivity contribution in [1.29, 1.82) is 0 Å². The summed E-state index contributed by atoms with van der Waals surface area (Å²) in [5.41, 5.74) is 7.23.